The van der Waals surface area contributed by atoms with E-state index in [0.29, 0.717) is 11.5 Å². The van der Waals surface area contributed by atoms with Gasteiger partial charge >= 0.3 is 0 Å². The molecule has 22 heavy (non-hydrogen) atoms. The molecule has 2 N–H and O–H groups in total. The van der Waals surface area contributed by atoms with Crippen LogP contribution in [0.4, 0.5) is 8.78 Å². The third-order valence-corrected chi connectivity index (χ3v) is 4.31. The van der Waals surface area contributed by atoms with E-state index in [4.69, 9.17) is 0 Å². The van der Waals surface area contributed by atoms with Gasteiger partial charge in [-0.1, -0.05) is 18.9 Å². The first-order valence-corrected chi connectivity index (χ1v) is 7.28. The van der Waals surface area contributed by atoms with E-state index >= 15 is 0 Å². The molecule has 2 aliphatic rings. The minimum absolute atomic E-state index is 0. The maximum atomic E-state index is 13.6. The Morgan fingerprint density at radius 3 is 2.41 bits per heavy atom. The van der Waals surface area contributed by atoms with Gasteiger partial charge in [0, 0.05) is 37.8 Å². The van der Waals surface area contributed by atoms with Crippen LogP contribution in [0.2, 0.25) is 0 Å². The number of hydrogen-bond acceptors (Lipinski definition) is 3. The van der Waals surface area contributed by atoms with Crippen molar-refractivity contribution in [1.82, 2.24) is 10.2 Å². The molecule has 3 nitrogen and oxygen atoms in total. The third kappa shape index (κ3) is 4.22. The highest BCUT2D eigenvalue weighted by Gasteiger charge is 2.32. The maximum Gasteiger partial charge on any atom is 0.200 e. The minimum Gasteiger partial charge on any atom is -0.505 e. The van der Waals surface area contributed by atoms with E-state index in [2.05, 4.69) is 10.2 Å². The molecule has 1 aliphatic heterocycles. The number of benzene rings is 1. The SMILES string of the molecule is Cl.Cl.Oc1c([C@@H](CC2CC2)N2CCNCC2)ccc(F)c1F. The molecule has 0 bridgehead atoms. The predicted octanol–water partition coefficient (Wildman–Crippen LogP) is 3.26. The van der Waals surface area contributed by atoms with Crippen molar-refractivity contribution in [3.8, 4) is 5.75 Å². The molecule has 0 radical (unpaired) electrons. The average molecular weight is 355 g/mol. The van der Waals surface area contributed by atoms with Crippen molar-refractivity contribution in [1.29, 1.82) is 0 Å². The number of nitrogens with one attached hydrogen (secondary N) is 1. The van der Waals surface area contributed by atoms with Crippen LogP contribution in [0.15, 0.2) is 12.1 Å². The highest BCUT2D eigenvalue weighted by Crippen LogP contribution is 2.42. The zero-order valence-electron chi connectivity index (χ0n) is 12.2. The molecule has 1 aromatic carbocycles. The average Bonchev–Trinajstić information content (AvgIpc) is 3.28. The number of aromatic hydroxyl groups is 1. The van der Waals surface area contributed by atoms with Gasteiger partial charge in [-0.2, -0.15) is 4.39 Å². The Morgan fingerprint density at radius 2 is 1.82 bits per heavy atom. The van der Waals surface area contributed by atoms with Crippen molar-refractivity contribution in [2.75, 3.05) is 26.2 Å². The molecule has 1 saturated carbocycles. The monoisotopic (exact) mass is 354 g/mol. The Morgan fingerprint density at radius 1 is 1.18 bits per heavy atom. The lowest BCUT2D eigenvalue weighted by atomic mass is 9.97. The van der Waals surface area contributed by atoms with Gasteiger partial charge in [0.05, 0.1) is 0 Å². The number of phenolic OH excluding ortho intramolecular Hbond substituents is 1. The molecule has 1 aromatic rings. The molecule has 0 spiro atoms. The number of halogens is 4. The molecule has 126 valence electrons. The lowest BCUT2D eigenvalue weighted by Gasteiger charge is -2.35. The van der Waals surface area contributed by atoms with Gasteiger partial charge in [0.25, 0.3) is 0 Å². The Hall–Kier alpha value is -0.620. The zero-order chi connectivity index (χ0) is 14.1. The number of rotatable bonds is 4. The predicted molar refractivity (Wildman–Crippen MR) is 87.0 cm³/mol. The summed E-state index contributed by atoms with van der Waals surface area (Å²) in [6, 6.07) is 2.63. The summed E-state index contributed by atoms with van der Waals surface area (Å²) in [4.78, 5) is 2.27. The van der Waals surface area contributed by atoms with Crippen LogP contribution in [-0.4, -0.2) is 36.2 Å². The summed E-state index contributed by atoms with van der Waals surface area (Å²) in [5, 5.41) is 13.2. The lowest BCUT2D eigenvalue weighted by Crippen LogP contribution is -2.45. The van der Waals surface area contributed by atoms with E-state index in [1.54, 1.807) is 0 Å². The molecule has 2 fully saturated rings. The molecule has 0 unspecified atom stereocenters. The van der Waals surface area contributed by atoms with Crippen LogP contribution in [0.3, 0.4) is 0 Å². The van der Waals surface area contributed by atoms with E-state index < -0.39 is 17.4 Å². The fraction of sp³-hybridized carbons (Fsp3) is 0.600. The van der Waals surface area contributed by atoms with Crippen molar-refractivity contribution in [3.63, 3.8) is 0 Å². The van der Waals surface area contributed by atoms with Crippen molar-refractivity contribution < 1.29 is 13.9 Å². The first kappa shape index (κ1) is 19.4. The van der Waals surface area contributed by atoms with Crippen LogP contribution in [0.25, 0.3) is 0 Å². The van der Waals surface area contributed by atoms with Gasteiger partial charge in [0.1, 0.15) is 0 Å². The van der Waals surface area contributed by atoms with E-state index in [9.17, 15) is 13.9 Å². The Labute approximate surface area is 141 Å². The quantitative estimate of drug-likeness (QED) is 0.870. The highest BCUT2D eigenvalue weighted by molar-refractivity contribution is 5.85. The fourth-order valence-electron chi connectivity index (χ4n) is 2.96. The van der Waals surface area contributed by atoms with Gasteiger partial charge in [-0.3, -0.25) is 4.90 Å². The van der Waals surface area contributed by atoms with E-state index in [1.165, 1.54) is 18.9 Å². The molecule has 0 aromatic heterocycles. The van der Waals surface area contributed by atoms with Gasteiger partial charge in [-0.05, 0) is 18.4 Å². The van der Waals surface area contributed by atoms with E-state index in [-0.39, 0.29) is 30.9 Å². The molecule has 0 amide bonds. The van der Waals surface area contributed by atoms with E-state index in [1.807, 2.05) is 0 Å². The first-order chi connectivity index (χ1) is 9.66. The molecule has 1 aliphatic carbocycles. The summed E-state index contributed by atoms with van der Waals surface area (Å²) < 4.78 is 26.8. The van der Waals surface area contributed by atoms with E-state index in [0.717, 1.165) is 38.7 Å². The Bertz CT molecular complexity index is 495. The number of hydrogen-bond donors (Lipinski definition) is 2. The molecule has 1 saturated heterocycles. The van der Waals surface area contributed by atoms with Crippen molar-refractivity contribution in [2.45, 2.75) is 25.3 Å². The van der Waals surface area contributed by atoms with Crippen molar-refractivity contribution >= 4 is 24.8 Å². The molecular weight excluding hydrogens is 333 g/mol. The molecule has 1 heterocycles. The van der Waals surface area contributed by atoms with Crippen LogP contribution in [0, 0.1) is 17.6 Å². The number of nitrogens with zero attached hydrogens (tertiary/aromatic N) is 1. The fourth-order valence-corrected chi connectivity index (χ4v) is 2.96. The topological polar surface area (TPSA) is 35.5 Å². The minimum atomic E-state index is -1.13. The molecule has 1 atom stereocenters. The van der Waals surface area contributed by atoms with Crippen molar-refractivity contribution in [3.05, 3.63) is 29.3 Å². The van der Waals surface area contributed by atoms with Gasteiger partial charge in [0.2, 0.25) is 5.82 Å². The summed E-state index contributed by atoms with van der Waals surface area (Å²) in [5.74, 6) is -1.98. The molecule has 7 heteroatoms. The second kappa shape index (κ2) is 8.29. The second-order valence-corrected chi connectivity index (χ2v) is 5.78. The lowest BCUT2D eigenvalue weighted by molar-refractivity contribution is 0.157. The Kier molecular flexibility index (Phi) is 7.32. The van der Waals surface area contributed by atoms with Crippen LogP contribution in [0.1, 0.15) is 30.9 Å². The molecule has 3 rings (SSSR count). The summed E-state index contributed by atoms with van der Waals surface area (Å²) in [6.45, 7) is 3.53. The second-order valence-electron chi connectivity index (χ2n) is 5.78. The van der Waals surface area contributed by atoms with Crippen molar-refractivity contribution in [2.24, 2.45) is 5.92 Å². The third-order valence-electron chi connectivity index (χ3n) is 4.31. The van der Waals surface area contributed by atoms with Crippen LogP contribution >= 0.6 is 24.8 Å². The van der Waals surface area contributed by atoms with Gasteiger partial charge in [0.15, 0.2) is 11.6 Å². The summed E-state index contributed by atoms with van der Waals surface area (Å²) >= 11 is 0. The van der Waals surface area contributed by atoms with Gasteiger partial charge in [-0.25, -0.2) is 4.39 Å². The summed E-state index contributed by atoms with van der Waals surface area (Å²) in [5.41, 5.74) is 0.526. The number of piperazine rings is 1. The summed E-state index contributed by atoms with van der Waals surface area (Å²) in [6.07, 6.45) is 3.32. The maximum absolute atomic E-state index is 13.6. The van der Waals surface area contributed by atoms with Gasteiger partial charge in [-0.15, -0.1) is 24.8 Å². The standard InChI is InChI=1S/C15H20F2N2O.2ClH/c16-12-4-3-11(15(20)14(12)17)13(9-10-1-2-10)19-7-5-18-6-8-19;;/h3-4,10,13,18,20H,1-2,5-9H2;2*1H/t13-;;/m1../s1. The molecular formula is C15H22Cl2F2N2O. The normalized spacial score (nSPS) is 19.9. The smallest absolute Gasteiger partial charge is 0.200 e. The highest BCUT2D eigenvalue weighted by atomic mass is 35.5. The zero-order valence-corrected chi connectivity index (χ0v) is 13.9. The van der Waals surface area contributed by atoms with Gasteiger partial charge < -0.3 is 10.4 Å². The Balaban J connectivity index is 0.00000121. The van der Waals surface area contributed by atoms with Crippen LogP contribution in [-0.2, 0) is 0 Å². The van der Waals surface area contributed by atoms with Crippen LogP contribution in [0.5, 0.6) is 5.75 Å². The first-order valence-electron chi connectivity index (χ1n) is 7.28. The largest absolute Gasteiger partial charge is 0.505 e. The summed E-state index contributed by atoms with van der Waals surface area (Å²) in [7, 11) is 0. The van der Waals surface area contributed by atoms with Crippen LogP contribution < -0.4 is 5.32 Å². The number of phenols is 1.